The molecule has 0 aromatic heterocycles. The predicted molar refractivity (Wildman–Crippen MR) is 77.1 cm³/mol. The summed E-state index contributed by atoms with van der Waals surface area (Å²) in [6, 6.07) is 8.26. The Hall–Kier alpha value is -1.46. The second kappa shape index (κ2) is 7.21. The molecule has 2 atom stereocenters. The maximum Gasteiger partial charge on any atom is 0.199 e. The first-order chi connectivity index (χ1) is 9.33. The third-order valence-corrected chi connectivity index (χ3v) is 3.41. The van der Waals surface area contributed by atoms with Crippen LogP contribution >= 0.6 is 0 Å². The van der Waals surface area contributed by atoms with Crippen molar-refractivity contribution < 1.29 is 9.47 Å². The van der Waals surface area contributed by atoms with Crippen molar-refractivity contribution in [3.63, 3.8) is 0 Å². The summed E-state index contributed by atoms with van der Waals surface area (Å²) in [5.41, 5.74) is 1.26. The van der Waals surface area contributed by atoms with Crippen LogP contribution in [0.1, 0.15) is 51.0 Å². The summed E-state index contributed by atoms with van der Waals surface area (Å²) in [6.07, 6.45) is 4.28. The van der Waals surface area contributed by atoms with Crippen LogP contribution in [0, 0.1) is 11.8 Å². The van der Waals surface area contributed by atoms with Crippen molar-refractivity contribution in [3.05, 3.63) is 29.8 Å². The summed E-state index contributed by atoms with van der Waals surface area (Å²) in [5.74, 6) is 7.44. The van der Waals surface area contributed by atoms with Gasteiger partial charge in [0.1, 0.15) is 5.75 Å². The topological polar surface area (TPSA) is 18.5 Å². The van der Waals surface area contributed by atoms with Crippen molar-refractivity contribution in [2.75, 3.05) is 6.61 Å². The summed E-state index contributed by atoms with van der Waals surface area (Å²) in [7, 11) is 0. The Morgan fingerprint density at radius 3 is 2.68 bits per heavy atom. The maximum atomic E-state index is 5.83. The van der Waals surface area contributed by atoms with E-state index in [-0.39, 0.29) is 6.29 Å². The van der Waals surface area contributed by atoms with E-state index in [0.717, 1.165) is 31.6 Å². The molecule has 2 nitrogen and oxygen atoms in total. The molecule has 1 aromatic rings. The smallest absolute Gasteiger partial charge is 0.199 e. The molecule has 1 heterocycles. The van der Waals surface area contributed by atoms with Gasteiger partial charge in [-0.1, -0.05) is 25.0 Å². The molecule has 2 unspecified atom stereocenters. The number of hydrogen-bond acceptors (Lipinski definition) is 2. The quantitative estimate of drug-likeness (QED) is 0.757. The number of ether oxygens (including phenoxy) is 2. The molecule has 0 saturated carbocycles. The summed E-state index contributed by atoms with van der Waals surface area (Å²) >= 11 is 0. The SMILES string of the molecule is CC#CC(CC)c1ccc(OC2CCCCO2)cc1. The first-order valence-corrected chi connectivity index (χ1v) is 7.14. The first kappa shape index (κ1) is 14.0. The Kier molecular flexibility index (Phi) is 5.30. The van der Waals surface area contributed by atoms with E-state index < -0.39 is 0 Å². The highest BCUT2D eigenvalue weighted by Gasteiger charge is 2.15. The van der Waals surface area contributed by atoms with E-state index >= 15 is 0 Å². The van der Waals surface area contributed by atoms with E-state index in [1.807, 2.05) is 19.1 Å². The second-order valence-corrected chi connectivity index (χ2v) is 4.84. The lowest BCUT2D eigenvalue weighted by atomic mass is 9.97. The Morgan fingerprint density at radius 2 is 2.11 bits per heavy atom. The summed E-state index contributed by atoms with van der Waals surface area (Å²) in [5, 5.41) is 0. The Labute approximate surface area is 116 Å². The average molecular weight is 258 g/mol. The molecule has 0 N–H and O–H groups in total. The Bertz CT molecular complexity index is 433. The van der Waals surface area contributed by atoms with Crippen LogP contribution in [0.15, 0.2) is 24.3 Å². The van der Waals surface area contributed by atoms with Gasteiger partial charge < -0.3 is 9.47 Å². The lowest BCUT2D eigenvalue weighted by molar-refractivity contribution is -0.105. The van der Waals surface area contributed by atoms with Crippen LogP contribution in [-0.4, -0.2) is 12.9 Å². The zero-order valence-corrected chi connectivity index (χ0v) is 11.8. The Morgan fingerprint density at radius 1 is 1.32 bits per heavy atom. The monoisotopic (exact) mass is 258 g/mol. The highest BCUT2D eigenvalue weighted by molar-refractivity contribution is 5.33. The van der Waals surface area contributed by atoms with Gasteiger partial charge in [-0.05, 0) is 43.9 Å². The highest BCUT2D eigenvalue weighted by Crippen LogP contribution is 2.24. The van der Waals surface area contributed by atoms with Gasteiger partial charge in [0.15, 0.2) is 6.29 Å². The lowest BCUT2D eigenvalue weighted by Crippen LogP contribution is -2.24. The molecular formula is C17H22O2. The third kappa shape index (κ3) is 4.01. The van der Waals surface area contributed by atoms with E-state index in [9.17, 15) is 0 Å². The molecule has 0 spiro atoms. The van der Waals surface area contributed by atoms with Crippen LogP contribution in [0.3, 0.4) is 0 Å². The van der Waals surface area contributed by atoms with Crippen LogP contribution in [-0.2, 0) is 4.74 Å². The van der Waals surface area contributed by atoms with Gasteiger partial charge in [-0.2, -0.15) is 0 Å². The molecule has 1 aliphatic heterocycles. The van der Waals surface area contributed by atoms with Crippen LogP contribution in [0.5, 0.6) is 5.75 Å². The lowest BCUT2D eigenvalue weighted by Gasteiger charge is -2.23. The molecule has 1 aromatic carbocycles. The van der Waals surface area contributed by atoms with E-state index in [1.165, 1.54) is 12.0 Å². The molecule has 1 aliphatic rings. The summed E-state index contributed by atoms with van der Waals surface area (Å²) in [6.45, 7) is 4.86. The minimum absolute atomic E-state index is 0.0722. The van der Waals surface area contributed by atoms with Gasteiger partial charge in [0.05, 0.1) is 6.61 Å². The fraction of sp³-hybridized carbons (Fsp3) is 0.529. The van der Waals surface area contributed by atoms with Crippen LogP contribution < -0.4 is 4.74 Å². The molecule has 0 bridgehead atoms. The van der Waals surface area contributed by atoms with Gasteiger partial charge in [-0.3, -0.25) is 0 Å². The van der Waals surface area contributed by atoms with E-state index in [4.69, 9.17) is 9.47 Å². The van der Waals surface area contributed by atoms with Crippen LogP contribution in [0.4, 0.5) is 0 Å². The van der Waals surface area contributed by atoms with Crippen LogP contribution in [0.2, 0.25) is 0 Å². The van der Waals surface area contributed by atoms with Gasteiger partial charge in [-0.15, -0.1) is 5.92 Å². The highest BCUT2D eigenvalue weighted by atomic mass is 16.7. The maximum absolute atomic E-state index is 5.83. The Balaban J connectivity index is 1.98. The third-order valence-electron chi connectivity index (χ3n) is 3.41. The normalized spacial score (nSPS) is 20.2. The number of benzene rings is 1. The van der Waals surface area contributed by atoms with Crippen molar-refractivity contribution in [3.8, 4) is 17.6 Å². The summed E-state index contributed by atoms with van der Waals surface area (Å²) in [4.78, 5) is 0. The fourth-order valence-electron chi connectivity index (χ4n) is 2.33. The molecule has 102 valence electrons. The van der Waals surface area contributed by atoms with Crippen molar-refractivity contribution in [2.45, 2.75) is 51.7 Å². The average Bonchev–Trinajstić information content (AvgIpc) is 2.47. The fourth-order valence-corrected chi connectivity index (χ4v) is 2.33. The molecule has 2 rings (SSSR count). The molecule has 1 fully saturated rings. The van der Waals surface area contributed by atoms with E-state index in [1.54, 1.807) is 0 Å². The zero-order valence-electron chi connectivity index (χ0n) is 11.8. The predicted octanol–water partition coefficient (Wildman–Crippen LogP) is 4.11. The van der Waals surface area contributed by atoms with Gasteiger partial charge in [0.25, 0.3) is 0 Å². The van der Waals surface area contributed by atoms with E-state index in [2.05, 4.69) is 30.9 Å². The first-order valence-electron chi connectivity index (χ1n) is 7.14. The van der Waals surface area contributed by atoms with Gasteiger partial charge >= 0.3 is 0 Å². The van der Waals surface area contributed by atoms with E-state index in [0.29, 0.717) is 5.92 Å². The number of rotatable bonds is 4. The van der Waals surface area contributed by atoms with Crippen LogP contribution in [0.25, 0.3) is 0 Å². The largest absolute Gasteiger partial charge is 0.465 e. The number of hydrogen-bond donors (Lipinski definition) is 0. The van der Waals surface area contributed by atoms with Gasteiger partial charge in [-0.25, -0.2) is 0 Å². The second-order valence-electron chi connectivity index (χ2n) is 4.84. The summed E-state index contributed by atoms with van der Waals surface area (Å²) < 4.78 is 11.4. The minimum atomic E-state index is -0.0722. The molecule has 0 aliphatic carbocycles. The van der Waals surface area contributed by atoms with Gasteiger partial charge in [0.2, 0.25) is 0 Å². The standard InChI is InChI=1S/C17H22O2/c1-3-7-14(4-2)15-9-11-16(12-10-15)19-17-8-5-6-13-18-17/h9-12,14,17H,4-6,8,13H2,1-2H3. The molecule has 19 heavy (non-hydrogen) atoms. The molecule has 1 saturated heterocycles. The van der Waals surface area contributed by atoms with Crippen molar-refractivity contribution in [1.29, 1.82) is 0 Å². The van der Waals surface area contributed by atoms with Crippen molar-refractivity contribution in [1.82, 2.24) is 0 Å². The van der Waals surface area contributed by atoms with Gasteiger partial charge in [0, 0.05) is 12.3 Å². The molecule has 2 heteroatoms. The van der Waals surface area contributed by atoms with Crippen molar-refractivity contribution in [2.24, 2.45) is 0 Å². The molecule has 0 radical (unpaired) electrons. The zero-order chi connectivity index (χ0) is 13.5. The van der Waals surface area contributed by atoms with Crippen molar-refractivity contribution >= 4 is 0 Å². The minimum Gasteiger partial charge on any atom is -0.465 e. The molecular weight excluding hydrogens is 236 g/mol. The molecule has 0 amide bonds.